The van der Waals surface area contributed by atoms with Crippen molar-refractivity contribution in [3.8, 4) is 0 Å². The first-order chi connectivity index (χ1) is 17.8. The second kappa shape index (κ2) is 15.5. The highest BCUT2D eigenvalue weighted by atomic mass is 16.4. The van der Waals surface area contributed by atoms with Crippen molar-refractivity contribution in [2.75, 3.05) is 6.54 Å². The van der Waals surface area contributed by atoms with E-state index in [9.17, 15) is 38.7 Å². The zero-order valence-electron chi connectivity index (χ0n) is 21.7. The molecule has 0 bridgehead atoms. The summed E-state index contributed by atoms with van der Waals surface area (Å²) in [5.41, 5.74) is 5.53. The van der Waals surface area contributed by atoms with Gasteiger partial charge in [-0.3, -0.25) is 33.6 Å². The molecule has 38 heavy (non-hydrogen) atoms. The van der Waals surface area contributed by atoms with Gasteiger partial charge >= 0.3 is 11.9 Å². The Morgan fingerprint density at radius 3 is 1.82 bits per heavy atom. The first-order valence-electron chi connectivity index (χ1n) is 12.4. The van der Waals surface area contributed by atoms with Crippen molar-refractivity contribution in [2.24, 2.45) is 11.7 Å². The molecule has 0 radical (unpaired) electrons. The lowest BCUT2D eigenvalue weighted by atomic mass is 10.0. The Hall–Kier alpha value is -3.75. The smallest absolute Gasteiger partial charge is 0.305 e. The number of nitrogens with two attached hydrogens (primary N) is 1. The summed E-state index contributed by atoms with van der Waals surface area (Å²) in [7, 11) is 0. The van der Waals surface area contributed by atoms with Crippen molar-refractivity contribution >= 4 is 41.5 Å². The van der Waals surface area contributed by atoms with Gasteiger partial charge in [-0.05, 0) is 45.1 Å². The molecule has 0 aliphatic carbocycles. The number of amides is 5. The van der Waals surface area contributed by atoms with Crippen LogP contribution in [0.3, 0.4) is 0 Å². The average Bonchev–Trinajstić information content (AvgIpc) is 2.82. The van der Waals surface area contributed by atoms with Gasteiger partial charge in [0.2, 0.25) is 29.5 Å². The minimum Gasteiger partial charge on any atom is -0.481 e. The molecular formula is C23H38N6O9. The van der Waals surface area contributed by atoms with E-state index in [0.717, 1.165) is 0 Å². The fraction of sp³-hybridized carbons (Fsp3) is 0.696. The Morgan fingerprint density at radius 2 is 1.26 bits per heavy atom. The van der Waals surface area contributed by atoms with Crippen LogP contribution in [0.4, 0.5) is 0 Å². The number of hydrogen-bond acceptors (Lipinski definition) is 8. The minimum absolute atomic E-state index is 0.138. The van der Waals surface area contributed by atoms with Crippen molar-refractivity contribution in [1.82, 2.24) is 26.6 Å². The molecule has 15 heteroatoms. The molecule has 9 N–H and O–H groups in total. The van der Waals surface area contributed by atoms with Crippen LogP contribution in [-0.2, 0) is 33.6 Å². The molecule has 15 nitrogen and oxygen atoms in total. The van der Waals surface area contributed by atoms with Crippen molar-refractivity contribution in [1.29, 1.82) is 0 Å². The second-order valence-corrected chi connectivity index (χ2v) is 9.46. The Labute approximate surface area is 220 Å². The summed E-state index contributed by atoms with van der Waals surface area (Å²) < 4.78 is 0. The fourth-order valence-corrected chi connectivity index (χ4v) is 3.68. The highest BCUT2D eigenvalue weighted by molar-refractivity contribution is 5.98. The molecule has 0 aromatic carbocycles. The number of aliphatic carboxylic acids is 2. The third-order valence-electron chi connectivity index (χ3n) is 5.87. The fourth-order valence-electron chi connectivity index (χ4n) is 3.68. The first kappa shape index (κ1) is 32.3. The van der Waals surface area contributed by atoms with Crippen LogP contribution in [0.2, 0.25) is 0 Å². The molecule has 1 heterocycles. The summed E-state index contributed by atoms with van der Waals surface area (Å²) in [6, 6.07) is -6.54. The van der Waals surface area contributed by atoms with E-state index >= 15 is 0 Å². The molecule has 1 rings (SSSR count). The highest BCUT2D eigenvalue weighted by Gasteiger charge is 2.35. The van der Waals surface area contributed by atoms with E-state index < -0.39 is 90.4 Å². The SMILES string of the molecule is CC(C)[C@@H]1NC(=O)[C@H](CCCCN)NC(=O)[C@H](CCC(=O)O)NC(=O)[C@H](C)NC(=O)[C@H](CC(=O)O)NC1=O. The van der Waals surface area contributed by atoms with Gasteiger partial charge in [0.25, 0.3) is 0 Å². The van der Waals surface area contributed by atoms with Gasteiger partial charge in [-0.25, -0.2) is 0 Å². The van der Waals surface area contributed by atoms with Gasteiger partial charge in [-0.2, -0.15) is 0 Å². The van der Waals surface area contributed by atoms with E-state index in [1.54, 1.807) is 13.8 Å². The third-order valence-corrected chi connectivity index (χ3v) is 5.87. The third kappa shape index (κ3) is 10.7. The van der Waals surface area contributed by atoms with Gasteiger partial charge in [0.1, 0.15) is 30.2 Å². The summed E-state index contributed by atoms with van der Waals surface area (Å²) in [5, 5.41) is 30.4. The minimum atomic E-state index is -1.57. The van der Waals surface area contributed by atoms with Crippen LogP contribution in [0.25, 0.3) is 0 Å². The normalized spacial score (nSPS) is 25.7. The summed E-state index contributed by atoms with van der Waals surface area (Å²) in [6.07, 6.45) is -0.462. The first-order valence-corrected chi connectivity index (χ1v) is 12.4. The van der Waals surface area contributed by atoms with E-state index in [2.05, 4.69) is 26.6 Å². The highest BCUT2D eigenvalue weighted by Crippen LogP contribution is 2.09. The molecule has 0 spiro atoms. The molecule has 0 unspecified atom stereocenters. The van der Waals surface area contributed by atoms with Crippen LogP contribution in [0.5, 0.6) is 0 Å². The van der Waals surface area contributed by atoms with Crippen molar-refractivity contribution in [3.05, 3.63) is 0 Å². The number of hydrogen-bond donors (Lipinski definition) is 8. The van der Waals surface area contributed by atoms with Crippen LogP contribution in [0, 0.1) is 5.92 Å². The molecule has 5 amide bonds. The summed E-state index contributed by atoms with van der Waals surface area (Å²) in [4.78, 5) is 87.2. The summed E-state index contributed by atoms with van der Waals surface area (Å²) in [5.74, 6) is -7.31. The maximum atomic E-state index is 13.2. The van der Waals surface area contributed by atoms with Crippen LogP contribution in [0.15, 0.2) is 0 Å². The van der Waals surface area contributed by atoms with Gasteiger partial charge in [0.15, 0.2) is 0 Å². The summed E-state index contributed by atoms with van der Waals surface area (Å²) in [6.45, 7) is 4.86. The molecule has 214 valence electrons. The maximum Gasteiger partial charge on any atom is 0.305 e. The number of carboxylic acids is 2. The number of nitrogens with one attached hydrogen (secondary N) is 5. The Morgan fingerprint density at radius 1 is 0.737 bits per heavy atom. The van der Waals surface area contributed by atoms with Crippen LogP contribution in [0.1, 0.15) is 59.3 Å². The second-order valence-electron chi connectivity index (χ2n) is 9.46. The lowest BCUT2D eigenvalue weighted by Gasteiger charge is -2.27. The molecule has 0 saturated carbocycles. The molecule has 0 aromatic heterocycles. The van der Waals surface area contributed by atoms with Crippen LogP contribution >= 0.6 is 0 Å². The zero-order valence-corrected chi connectivity index (χ0v) is 21.7. The standard InChI is InChI=1S/C23H38N6O9/c1-11(2)18-23(38)28-15(10-17(32)33)22(37)25-12(3)19(34)26-14(7-8-16(30)31)20(35)27-13(21(36)29-18)6-4-5-9-24/h11-15,18H,4-10,24H2,1-3H3,(H,25,37)(H,26,34)(H,27,35)(H,28,38)(H,29,36)(H,30,31)(H,32,33)/t12-,13-,14-,15-,18-/m0/s1. The average molecular weight is 543 g/mol. The number of rotatable bonds is 10. The van der Waals surface area contributed by atoms with Crippen LogP contribution in [-0.4, -0.2) is 88.4 Å². The predicted molar refractivity (Wildman–Crippen MR) is 132 cm³/mol. The number of carbonyl (C=O) groups is 7. The molecular weight excluding hydrogens is 504 g/mol. The lowest BCUT2D eigenvalue weighted by Crippen LogP contribution is -2.59. The number of unbranched alkanes of at least 4 members (excludes halogenated alkanes) is 1. The molecule has 1 aliphatic rings. The van der Waals surface area contributed by atoms with Crippen molar-refractivity contribution in [3.63, 3.8) is 0 Å². The summed E-state index contributed by atoms with van der Waals surface area (Å²) >= 11 is 0. The molecule has 1 aliphatic heterocycles. The molecule has 5 atom stereocenters. The maximum absolute atomic E-state index is 13.2. The largest absolute Gasteiger partial charge is 0.481 e. The molecule has 0 aromatic rings. The Bertz CT molecular complexity index is 910. The zero-order chi connectivity index (χ0) is 29.0. The van der Waals surface area contributed by atoms with Crippen molar-refractivity contribution < 1.29 is 43.8 Å². The van der Waals surface area contributed by atoms with E-state index in [1.807, 2.05) is 0 Å². The predicted octanol–water partition coefficient (Wildman–Crippen LogP) is -2.43. The number of carbonyl (C=O) groups excluding carboxylic acids is 5. The van der Waals surface area contributed by atoms with Gasteiger partial charge in [0, 0.05) is 6.42 Å². The Balaban J connectivity index is 3.45. The molecule has 1 fully saturated rings. The topological polar surface area (TPSA) is 246 Å². The monoisotopic (exact) mass is 542 g/mol. The van der Waals surface area contributed by atoms with E-state index in [-0.39, 0.29) is 12.8 Å². The Kier molecular flexibility index (Phi) is 13.2. The van der Waals surface area contributed by atoms with Gasteiger partial charge in [0.05, 0.1) is 6.42 Å². The van der Waals surface area contributed by atoms with Crippen LogP contribution < -0.4 is 32.3 Å². The van der Waals surface area contributed by atoms with Crippen molar-refractivity contribution in [2.45, 2.75) is 89.5 Å². The van der Waals surface area contributed by atoms with Gasteiger partial charge in [-0.15, -0.1) is 0 Å². The van der Waals surface area contributed by atoms with Gasteiger partial charge in [-0.1, -0.05) is 13.8 Å². The number of carboxylic acid groups (broad SMARTS) is 2. The molecule has 1 saturated heterocycles. The van der Waals surface area contributed by atoms with Gasteiger partial charge < -0.3 is 42.5 Å². The van der Waals surface area contributed by atoms with E-state index in [1.165, 1.54) is 6.92 Å². The van der Waals surface area contributed by atoms with E-state index in [0.29, 0.717) is 19.4 Å². The van der Waals surface area contributed by atoms with E-state index in [4.69, 9.17) is 10.8 Å². The quantitative estimate of drug-likeness (QED) is 0.136. The lowest BCUT2D eigenvalue weighted by molar-refractivity contribution is -0.141.